The van der Waals surface area contributed by atoms with Gasteiger partial charge >= 0.3 is 11.6 Å². The van der Waals surface area contributed by atoms with Crippen LogP contribution in [0.4, 0.5) is 0 Å². The van der Waals surface area contributed by atoms with Gasteiger partial charge in [-0.05, 0) is 86.8 Å². The highest BCUT2D eigenvalue weighted by Crippen LogP contribution is 2.64. The number of carbonyl (C=O) groups is 2. The Kier molecular flexibility index (Phi) is 11.0. The fraction of sp³-hybridized carbons (Fsp3) is 0.472. The maximum absolute atomic E-state index is 13.4. The molecule has 8 atom stereocenters. The number of aromatic nitrogens is 1. The molecule has 2 aromatic heterocycles. The van der Waals surface area contributed by atoms with Gasteiger partial charge in [0.15, 0.2) is 0 Å². The highest BCUT2D eigenvalue weighted by atomic mass is 16.6. The summed E-state index contributed by atoms with van der Waals surface area (Å²) in [5.74, 6) is -1.05. The van der Waals surface area contributed by atoms with Gasteiger partial charge in [-0.1, -0.05) is 13.8 Å². The van der Waals surface area contributed by atoms with E-state index < -0.39 is 46.8 Å². The van der Waals surface area contributed by atoms with E-state index >= 15 is 0 Å². The smallest absolute Gasteiger partial charge is 0.345 e. The molecular formula is C36H42N2O9. The molecule has 0 saturated heterocycles. The quantitative estimate of drug-likeness (QED) is 0.294. The second-order valence-electron chi connectivity index (χ2n) is 12.7. The SMILES string of the molecule is CC1C(O)CCC2(C)C1CC(OC(=O)c1ccc(C#N)cc1)C1(C)Oc3cc(-c4cccnc4)oc(=O)c3C(O)C21.CC=O.COC. The zero-order chi connectivity index (χ0) is 34.5. The summed E-state index contributed by atoms with van der Waals surface area (Å²) in [6, 6.07) is 13.3. The van der Waals surface area contributed by atoms with E-state index in [4.69, 9.17) is 23.9 Å². The average molecular weight is 647 g/mol. The molecule has 11 nitrogen and oxygen atoms in total. The van der Waals surface area contributed by atoms with Crippen LogP contribution in [0.3, 0.4) is 0 Å². The molecule has 3 aliphatic rings. The first-order valence-corrected chi connectivity index (χ1v) is 15.5. The van der Waals surface area contributed by atoms with Crippen molar-refractivity contribution < 1.29 is 38.4 Å². The van der Waals surface area contributed by atoms with Crippen LogP contribution >= 0.6 is 0 Å². The van der Waals surface area contributed by atoms with Crippen molar-refractivity contribution in [3.63, 3.8) is 0 Å². The molecule has 1 aliphatic heterocycles. The van der Waals surface area contributed by atoms with Crippen molar-refractivity contribution in [1.29, 1.82) is 5.26 Å². The molecule has 2 saturated carbocycles. The summed E-state index contributed by atoms with van der Waals surface area (Å²) < 4.78 is 22.7. The van der Waals surface area contributed by atoms with Crippen LogP contribution in [-0.2, 0) is 14.3 Å². The minimum Gasteiger partial charge on any atom is -0.482 e. The summed E-state index contributed by atoms with van der Waals surface area (Å²) in [6.45, 7) is 7.33. The van der Waals surface area contributed by atoms with E-state index in [9.17, 15) is 19.8 Å². The van der Waals surface area contributed by atoms with Crippen LogP contribution in [0.15, 0.2) is 64.1 Å². The number of carbonyl (C=O) groups excluding carboxylic acids is 2. The van der Waals surface area contributed by atoms with Gasteiger partial charge in [-0.15, -0.1) is 0 Å². The number of rotatable bonds is 3. The Labute approximate surface area is 274 Å². The molecular weight excluding hydrogens is 604 g/mol. The Balaban J connectivity index is 0.000000776. The summed E-state index contributed by atoms with van der Waals surface area (Å²) in [5.41, 5.74) is -1.11. The number of benzene rings is 1. The maximum Gasteiger partial charge on any atom is 0.345 e. The van der Waals surface area contributed by atoms with E-state index in [-0.39, 0.29) is 34.5 Å². The molecule has 0 spiro atoms. The average Bonchev–Trinajstić information content (AvgIpc) is 3.04. The van der Waals surface area contributed by atoms with Crippen LogP contribution < -0.4 is 10.4 Å². The van der Waals surface area contributed by atoms with Gasteiger partial charge in [0, 0.05) is 44.2 Å². The molecule has 3 heterocycles. The Morgan fingerprint density at radius 2 is 1.83 bits per heavy atom. The Morgan fingerprint density at radius 3 is 2.43 bits per heavy atom. The number of ether oxygens (including phenoxy) is 3. The van der Waals surface area contributed by atoms with E-state index in [1.165, 1.54) is 19.1 Å². The predicted molar refractivity (Wildman–Crippen MR) is 171 cm³/mol. The number of hydrogen-bond acceptors (Lipinski definition) is 11. The summed E-state index contributed by atoms with van der Waals surface area (Å²) >= 11 is 0. The zero-order valence-electron chi connectivity index (χ0n) is 27.5. The summed E-state index contributed by atoms with van der Waals surface area (Å²) in [6.07, 6.45) is 2.89. The van der Waals surface area contributed by atoms with Gasteiger partial charge in [-0.2, -0.15) is 5.26 Å². The molecule has 0 amide bonds. The van der Waals surface area contributed by atoms with Crippen LogP contribution in [0.2, 0.25) is 0 Å². The largest absolute Gasteiger partial charge is 0.482 e. The fourth-order valence-corrected chi connectivity index (χ4v) is 7.70. The van der Waals surface area contributed by atoms with E-state index in [1.807, 2.05) is 19.9 Å². The summed E-state index contributed by atoms with van der Waals surface area (Å²) in [5, 5.41) is 31.9. The van der Waals surface area contributed by atoms with E-state index in [0.29, 0.717) is 30.4 Å². The molecule has 2 fully saturated rings. The minimum atomic E-state index is -1.26. The number of methoxy groups -OCH3 is 1. The van der Waals surface area contributed by atoms with Crippen LogP contribution in [0, 0.1) is 34.5 Å². The lowest BCUT2D eigenvalue weighted by molar-refractivity contribution is -0.241. The minimum absolute atomic E-state index is 0.0398. The summed E-state index contributed by atoms with van der Waals surface area (Å²) in [7, 11) is 3.25. The molecule has 1 aromatic carbocycles. The molecule has 6 rings (SSSR count). The number of hydrogen-bond donors (Lipinski definition) is 2. The molecule has 2 aliphatic carbocycles. The van der Waals surface area contributed by atoms with Crippen molar-refractivity contribution in [3.05, 3.63) is 82.0 Å². The van der Waals surface area contributed by atoms with E-state index in [2.05, 4.69) is 16.6 Å². The highest BCUT2D eigenvalue weighted by Gasteiger charge is 2.67. The number of pyridine rings is 1. The second-order valence-corrected chi connectivity index (χ2v) is 12.7. The highest BCUT2D eigenvalue weighted by molar-refractivity contribution is 5.89. The lowest BCUT2D eigenvalue weighted by Crippen LogP contribution is -2.69. The van der Waals surface area contributed by atoms with Gasteiger partial charge in [0.2, 0.25) is 0 Å². The molecule has 250 valence electrons. The van der Waals surface area contributed by atoms with Crippen molar-refractivity contribution in [2.45, 2.75) is 70.9 Å². The Hall–Kier alpha value is -4.37. The van der Waals surface area contributed by atoms with Gasteiger partial charge in [-0.3, -0.25) is 4.98 Å². The third kappa shape index (κ3) is 6.72. The normalized spacial score (nSPS) is 30.1. The molecule has 11 heteroatoms. The molecule has 8 unspecified atom stereocenters. The van der Waals surface area contributed by atoms with Crippen molar-refractivity contribution >= 4 is 12.3 Å². The van der Waals surface area contributed by atoms with Crippen LogP contribution in [0.5, 0.6) is 5.75 Å². The van der Waals surface area contributed by atoms with Gasteiger partial charge in [0.1, 0.15) is 35.1 Å². The van der Waals surface area contributed by atoms with Gasteiger partial charge < -0.3 is 33.6 Å². The van der Waals surface area contributed by atoms with Gasteiger partial charge in [0.25, 0.3) is 0 Å². The lowest BCUT2D eigenvalue weighted by Gasteiger charge is -2.63. The number of aliphatic hydroxyl groups excluding tert-OH is 2. The fourth-order valence-electron chi connectivity index (χ4n) is 7.70. The Morgan fingerprint density at radius 1 is 1.17 bits per heavy atom. The number of nitrogens with zero attached hydrogens (tertiary/aromatic N) is 2. The molecule has 47 heavy (non-hydrogen) atoms. The van der Waals surface area contributed by atoms with E-state index in [0.717, 1.165) is 6.29 Å². The molecule has 0 radical (unpaired) electrons. The van der Waals surface area contributed by atoms with Crippen molar-refractivity contribution in [1.82, 2.24) is 4.98 Å². The second kappa shape index (κ2) is 14.6. The van der Waals surface area contributed by atoms with Crippen molar-refractivity contribution in [2.24, 2.45) is 23.2 Å². The monoisotopic (exact) mass is 646 g/mol. The standard InChI is InChI=1S/C32H32N2O7.C2H6O.C2H4O/c1-17-21-13-25(40-29(37)19-8-6-18(15-33)7-9-19)32(3)28(31(21,2)11-10-22(17)35)27(36)26-24(41-32)14-23(39-30(26)38)20-5-4-12-34-16-20;1-3-2;1-2-3/h4-9,12,14,16-17,21-22,25,27-28,35-36H,10-11,13H2,1-3H3;1-2H3;2H,1H3. The van der Waals surface area contributed by atoms with Crippen LogP contribution in [0.25, 0.3) is 11.3 Å². The molecule has 0 bridgehead atoms. The number of nitriles is 1. The van der Waals surface area contributed by atoms with Gasteiger partial charge in [-0.25, -0.2) is 9.59 Å². The third-order valence-electron chi connectivity index (χ3n) is 9.84. The molecule has 3 aromatic rings. The van der Waals surface area contributed by atoms with Gasteiger partial charge in [0.05, 0.1) is 29.4 Å². The number of fused-ring (bicyclic) bond motifs is 4. The number of esters is 1. The van der Waals surface area contributed by atoms with Crippen molar-refractivity contribution in [3.8, 4) is 23.1 Å². The first-order chi connectivity index (χ1) is 22.4. The van der Waals surface area contributed by atoms with Crippen LogP contribution in [0.1, 0.15) is 74.5 Å². The lowest BCUT2D eigenvalue weighted by atomic mass is 9.46. The van der Waals surface area contributed by atoms with Crippen LogP contribution in [-0.4, -0.2) is 59.5 Å². The third-order valence-corrected chi connectivity index (χ3v) is 9.84. The Bertz CT molecular complexity index is 1650. The summed E-state index contributed by atoms with van der Waals surface area (Å²) in [4.78, 5) is 39.6. The topological polar surface area (TPSA) is 169 Å². The first-order valence-electron chi connectivity index (χ1n) is 15.5. The number of aliphatic hydroxyl groups is 2. The maximum atomic E-state index is 13.4. The first kappa shape index (κ1) is 35.5. The van der Waals surface area contributed by atoms with E-state index in [1.54, 1.807) is 56.9 Å². The molecule has 2 N–H and O–H groups in total. The predicted octanol–water partition coefficient (Wildman–Crippen LogP) is 4.88. The van der Waals surface area contributed by atoms with Crippen molar-refractivity contribution in [2.75, 3.05) is 14.2 Å². The number of aldehydes is 1. The zero-order valence-corrected chi connectivity index (χ0v) is 27.5.